The molecule has 116 valence electrons. The van der Waals surface area contributed by atoms with Crippen LogP contribution in [0.1, 0.15) is 28.9 Å². The Morgan fingerprint density at radius 3 is 2.45 bits per heavy atom. The molecule has 0 saturated carbocycles. The van der Waals surface area contributed by atoms with Crippen LogP contribution in [0.5, 0.6) is 5.75 Å². The van der Waals surface area contributed by atoms with E-state index in [2.05, 4.69) is 10.1 Å². The van der Waals surface area contributed by atoms with E-state index in [1.165, 1.54) is 24.3 Å². The lowest BCUT2D eigenvalue weighted by atomic mass is 10.1. The van der Waals surface area contributed by atoms with Gasteiger partial charge in [-0.3, -0.25) is 4.79 Å². The molecule has 0 bridgehead atoms. The molecule has 6 heteroatoms. The molecular weight excluding hydrogens is 312 g/mol. The van der Waals surface area contributed by atoms with Gasteiger partial charge in [-0.25, -0.2) is 0 Å². The van der Waals surface area contributed by atoms with Gasteiger partial charge in [-0.2, -0.15) is 8.78 Å². The number of nitrogens with one attached hydrogen (secondary N) is 1. The Hall–Kier alpha value is -2.14. The molecule has 0 saturated heterocycles. The number of benzene rings is 2. The minimum absolute atomic E-state index is 0.00874. The van der Waals surface area contributed by atoms with E-state index in [-0.39, 0.29) is 17.7 Å². The van der Waals surface area contributed by atoms with E-state index >= 15 is 0 Å². The minimum atomic E-state index is -2.89. The van der Waals surface area contributed by atoms with Gasteiger partial charge in [0.1, 0.15) is 5.75 Å². The standard InChI is InChI=1S/C16H14ClF2NO2/c1-10(12-3-2-4-13(17)9-12)20-15(21)11-5-7-14(8-6-11)22-16(18)19/h2-10,16H,1H3,(H,20,21). The van der Waals surface area contributed by atoms with Crippen LogP contribution in [0.15, 0.2) is 48.5 Å². The molecule has 1 amide bonds. The van der Waals surface area contributed by atoms with Crippen LogP contribution in [0, 0.1) is 0 Å². The highest BCUT2D eigenvalue weighted by atomic mass is 35.5. The molecule has 0 heterocycles. The van der Waals surface area contributed by atoms with Crippen LogP contribution in [-0.4, -0.2) is 12.5 Å². The van der Waals surface area contributed by atoms with Crippen LogP contribution < -0.4 is 10.1 Å². The second-order valence-corrected chi connectivity index (χ2v) is 5.09. The smallest absolute Gasteiger partial charge is 0.387 e. The molecule has 2 aromatic rings. The zero-order valence-electron chi connectivity index (χ0n) is 11.7. The topological polar surface area (TPSA) is 38.3 Å². The van der Waals surface area contributed by atoms with Gasteiger partial charge >= 0.3 is 6.61 Å². The first kappa shape index (κ1) is 16.2. The Morgan fingerprint density at radius 1 is 1.18 bits per heavy atom. The van der Waals surface area contributed by atoms with Crippen LogP contribution in [-0.2, 0) is 0 Å². The lowest BCUT2D eigenvalue weighted by molar-refractivity contribution is -0.0498. The highest BCUT2D eigenvalue weighted by Gasteiger charge is 2.12. The third-order valence-corrected chi connectivity index (χ3v) is 3.27. The van der Waals surface area contributed by atoms with Crippen LogP contribution in [0.2, 0.25) is 5.02 Å². The van der Waals surface area contributed by atoms with Crippen LogP contribution in [0.4, 0.5) is 8.78 Å². The first-order valence-electron chi connectivity index (χ1n) is 6.57. The molecule has 2 aromatic carbocycles. The molecule has 1 unspecified atom stereocenters. The molecule has 22 heavy (non-hydrogen) atoms. The number of hydrogen-bond acceptors (Lipinski definition) is 2. The summed E-state index contributed by atoms with van der Waals surface area (Å²) in [4.78, 5) is 12.1. The molecule has 0 aromatic heterocycles. The summed E-state index contributed by atoms with van der Waals surface area (Å²) in [6, 6.07) is 12.5. The van der Waals surface area contributed by atoms with Crippen LogP contribution in [0.25, 0.3) is 0 Å². The van der Waals surface area contributed by atoms with Crippen LogP contribution in [0.3, 0.4) is 0 Å². The number of carbonyl (C=O) groups is 1. The highest BCUT2D eigenvalue weighted by molar-refractivity contribution is 6.30. The minimum Gasteiger partial charge on any atom is -0.435 e. The maximum absolute atomic E-state index is 12.1. The molecule has 0 fully saturated rings. The second-order valence-electron chi connectivity index (χ2n) is 4.65. The van der Waals surface area contributed by atoms with Crippen molar-refractivity contribution in [1.29, 1.82) is 0 Å². The SMILES string of the molecule is CC(NC(=O)c1ccc(OC(F)F)cc1)c1cccc(Cl)c1. The first-order chi connectivity index (χ1) is 10.5. The number of rotatable bonds is 5. The summed E-state index contributed by atoms with van der Waals surface area (Å²) in [7, 11) is 0. The maximum atomic E-state index is 12.1. The summed E-state index contributed by atoms with van der Waals surface area (Å²) >= 11 is 5.91. The van der Waals surface area contributed by atoms with Crippen molar-refractivity contribution in [2.24, 2.45) is 0 Å². The molecular formula is C16H14ClF2NO2. The van der Waals surface area contributed by atoms with E-state index < -0.39 is 6.61 Å². The largest absolute Gasteiger partial charge is 0.435 e. The number of carbonyl (C=O) groups excluding carboxylic acids is 1. The monoisotopic (exact) mass is 325 g/mol. The Kier molecular flexibility index (Phi) is 5.33. The van der Waals surface area contributed by atoms with Gasteiger partial charge in [0.2, 0.25) is 0 Å². The van der Waals surface area contributed by atoms with E-state index in [4.69, 9.17) is 11.6 Å². The molecule has 3 nitrogen and oxygen atoms in total. The molecule has 0 aliphatic carbocycles. The fraction of sp³-hybridized carbons (Fsp3) is 0.188. The molecule has 0 radical (unpaired) electrons. The lowest BCUT2D eigenvalue weighted by Crippen LogP contribution is -2.26. The summed E-state index contributed by atoms with van der Waals surface area (Å²) in [5.41, 5.74) is 1.23. The van der Waals surface area contributed by atoms with Gasteiger partial charge in [0.05, 0.1) is 6.04 Å². The van der Waals surface area contributed by atoms with Gasteiger partial charge in [0, 0.05) is 10.6 Å². The Bertz CT molecular complexity index is 647. The third kappa shape index (κ3) is 4.43. The van der Waals surface area contributed by atoms with Gasteiger partial charge in [-0.1, -0.05) is 23.7 Å². The highest BCUT2D eigenvalue weighted by Crippen LogP contribution is 2.19. The van der Waals surface area contributed by atoms with E-state index in [1.54, 1.807) is 18.2 Å². The average Bonchev–Trinajstić information content (AvgIpc) is 2.47. The van der Waals surface area contributed by atoms with E-state index in [0.29, 0.717) is 10.6 Å². The van der Waals surface area contributed by atoms with E-state index in [1.807, 2.05) is 13.0 Å². The summed E-state index contributed by atoms with van der Waals surface area (Å²) in [5, 5.41) is 3.40. The number of halogens is 3. The van der Waals surface area contributed by atoms with Gasteiger partial charge in [0.15, 0.2) is 0 Å². The molecule has 0 aliphatic heterocycles. The van der Waals surface area contributed by atoms with Crippen molar-refractivity contribution in [3.05, 3.63) is 64.7 Å². The Balaban J connectivity index is 2.02. The number of alkyl halides is 2. The third-order valence-electron chi connectivity index (χ3n) is 3.04. The Labute approximate surface area is 131 Å². The lowest BCUT2D eigenvalue weighted by Gasteiger charge is -2.15. The van der Waals surface area contributed by atoms with Gasteiger partial charge < -0.3 is 10.1 Å². The van der Waals surface area contributed by atoms with Crippen LogP contribution >= 0.6 is 11.6 Å². The predicted octanol–water partition coefficient (Wildman–Crippen LogP) is 4.43. The van der Waals surface area contributed by atoms with Crippen molar-refractivity contribution in [3.63, 3.8) is 0 Å². The zero-order chi connectivity index (χ0) is 16.1. The van der Waals surface area contributed by atoms with Crippen molar-refractivity contribution >= 4 is 17.5 Å². The molecule has 0 aliphatic rings. The molecule has 1 atom stereocenters. The van der Waals surface area contributed by atoms with Crippen molar-refractivity contribution in [3.8, 4) is 5.75 Å². The first-order valence-corrected chi connectivity index (χ1v) is 6.94. The summed E-state index contributed by atoms with van der Waals surface area (Å²) in [6.07, 6.45) is 0. The van der Waals surface area contributed by atoms with Crippen molar-refractivity contribution < 1.29 is 18.3 Å². The molecule has 1 N–H and O–H groups in total. The fourth-order valence-electron chi connectivity index (χ4n) is 1.93. The van der Waals surface area contributed by atoms with Crippen molar-refractivity contribution in [2.75, 3.05) is 0 Å². The van der Waals surface area contributed by atoms with Crippen molar-refractivity contribution in [2.45, 2.75) is 19.6 Å². The summed E-state index contributed by atoms with van der Waals surface area (Å²) in [5.74, 6) is -0.300. The zero-order valence-corrected chi connectivity index (χ0v) is 12.5. The van der Waals surface area contributed by atoms with Gasteiger partial charge in [-0.15, -0.1) is 0 Å². The quantitative estimate of drug-likeness (QED) is 0.883. The van der Waals surface area contributed by atoms with Gasteiger partial charge in [0.25, 0.3) is 5.91 Å². The maximum Gasteiger partial charge on any atom is 0.387 e. The molecule has 0 spiro atoms. The van der Waals surface area contributed by atoms with Crippen molar-refractivity contribution in [1.82, 2.24) is 5.32 Å². The second kappa shape index (κ2) is 7.22. The van der Waals surface area contributed by atoms with E-state index in [9.17, 15) is 13.6 Å². The summed E-state index contributed by atoms with van der Waals surface area (Å²) in [6.45, 7) is -1.06. The number of amides is 1. The number of ether oxygens (including phenoxy) is 1. The average molecular weight is 326 g/mol. The fourth-order valence-corrected chi connectivity index (χ4v) is 2.13. The van der Waals surface area contributed by atoms with Gasteiger partial charge in [-0.05, 0) is 48.9 Å². The normalized spacial score (nSPS) is 12.0. The van der Waals surface area contributed by atoms with E-state index in [0.717, 1.165) is 5.56 Å². The number of hydrogen-bond donors (Lipinski definition) is 1. The Morgan fingerprint density at radius 2 is 1.86 bits per heavy atom. The predicted molar refractivity (Wildman–Crippen MR) is 80.4 cm³/mol. The summed E-state index contributed by atoms with van der Waals surface area (Å²) < 4.78 is 28.4. The molecule has 2 rings (SSSR count).